The average Bonchev–Trinajstić information content (AvgIpc) is 3.11. The molecule has 0 aromatic heterocycles. The van der Waals surface area contributed by atoms with Crippen molar-refractivity contribution in [2.45, 2.75) is 38.5 Å². The number of benzene rings is 2. The summed E-state index contributed by atoms with van der Waals surface area (Å²) in [6.45, 7) is 0. The summed E-state index contributed by atoms with van der Waals surface area (Å²) >= 11 is 6.90. The molecule has 4 aliphatic carbocycles. The molecule has 0 radical (unpaired) electrons. The predicted molar refractivity (Wildman–Crippen MR) is 139 cm³/mol. The standard InChI is InChI=1S/C28H26ClNO5S/c1-34-23-10-16(11-24-25(31)30(27(33)36-24)21-4-2-3-20(29)12-21)5-6-22(23)35-26(32)28-13-17-7-18(14-28)9-19(8-17)15-28/h2-6,10-12,17-19H,7-9,13-15H2,1H3/b24-11-. The highest BCUT2D eigenvalue weighted by molar-refractivity contribution is 8.19. The molecule has 1 saturated heterocycles. The Hall–Kier alpha value is -2.77. The van der Waals surface area contributed by atoms with Gasteiger partial charge in [-0.2, -0.15) is 0 Å². The van der Waals surface area contributed by atoms with Crippen LogP contribution in [0.1, 0.15) is 44.1 Å². The lowest BCUT2D eigenvalue weighted by atomic mass is 9.49. The lowest BCUT2D eigenvalue weighted by molar-refractivity contribution is -0.161. The van der Waals surface area contributed by atoms with E-state index in [2.05, 4.69) is 0 Å². The van der Waals surface area contributed by atoms with Crippen LogP contribution in [0.15, 0.2) is 47.4 Å². The van der Waals surface area contributed by atoms with Crippen LogP contribution in [0.2, 0.25) is 5.02 Å². The van der Waals surface area contributed by atoms with Gasteiger partial charge in [-0.25, -0.2) is 4.90 Å². The maximum atomic E-state index is 13.4. The number of halogens is 1. The van der Waals surface area contributed by atoms with Crippen molar-refractivity contribution in [2.75, 3.05) is 12.0 Å². The normalized spacial score (nSPS) is 29.8. The van der Waals surface area contributed by atoms with Crippen molar-refractivity contribution < 1.29 is 23.9 Å². The van der Waals surface area contributed by atoms with Crippen molar-refractivity contribution >= 4 is 52.2 Å². The molecular formula is C28H26ClNO5S. The number of methoxy groups -OCH3 is 1. The van der Waals surface area contributed by atoms with Crippen molar-refractivity contribution in [1.29, 1.82) is 0 Å². The van der Waals surface area contributed by atoms with Crippen LogP contribution < -0.4 is 14.4 Å². The highest BCUT2D eigenvalue weighted by atomic mass is 35.5. The van der Waals surface area contributed by atoms with Crippen molar-refractivity contribution in [3.05, 3.63) is 58.0 Å². The summed E-state index contributed by atoms with van der Waals surface area (Å²) in [6, 6.07) is 11.8. The van der Waals surface area contributed by atoms with E-state index in [4.69, 9.17) is 21.1 Å². The van der Waals surface area contributed by atoms with E-state index in [9.17, 15) is 14.4 Å². The second kappa shape index (κ2) is 8.96. The molecule has 2 amide bonds. The van der Waals surface area contributed by atoms with Gasteiger partial charge in [0.05, 0.1) is 23.1 Å². The molecule has 5 fully saturated rings. The highest BCUT2D eigenvalue weighted by Gasteiger charge is 2.55. The number of imide groups is 1. The number of anilines is 1. The zero-order valence-corrected chi connectivity index (χ0v) is 21.4. The Morgan fingerprint density at radius 2 is 1.72 bits per heavy atom. The average molecular weight is 524 g/mol. The van der Waals surface area contributed by atoms with Gasteiger partial charge in [0, 0.05) is 5.02 Å². The van der Waals surface area contributed by atoms with Gasteiger partial charge in [0.1, 0.15) is 0 Å². The number of ether oxygens (including phenoxy) is 2. The minimum absolute atomic E-state index is 0.143. The number of hydrogen-bond acceptors (Lipinski definition) is 6. The molecule has 7 rings (SSSR count). The molecular weight excluding hydrogens is 498 g/mol. The largest absolute Gasteiger partial charge is 0.493 e. The molecule has 0 spiro atoms. The second-order valence-electron chi connectivity index (χ2n) is 10.5. The van der Waals surface area contributed by atoms with Gasteiger partial charge < -0.3 is 9.47 Å². The zero-order valence-electron chi connectivity index (χ0n) is 19.9. The fraction of sp³-hybridized carbons (Fsp3) is 0.393. The summed E-state index contributed by atoms with van der Waals surface area (Å²) in [5.74, 6) is 2.18. The molecule has 0 atom stereocenters. The highest BCUT2D eigenvalue weighted by Crippen LogP contribution is 2.60. The number of carbonyl (C=O) groups is 3. The third kappa shape index (κ3) is 4.12. The number of nitrogens with zero attached hydrogens (tertiary/aromatic N) is 1. The first-order valence-corrected chi connectivity index (χ1v) is 13.5. The second-order valence-corrected chi connectivity index (χ2v) is 11.9. The topological polar surface area (TPSA) is 72.9 Å². The third-order valence-electron chi connectivity index (χ3n) is 8.02. The van der Waals surface area contributed by atoms with Crippen LogP contribution >= 0.6 is 23.4 Å². The first-order chi connectivity index (χ1) is 17.3. The summed E-state index contributed by atoms with van der Waals surface area (Å²) in [7, 11) is 1.52. The van der Waals surface area contributed by atoms with Gasteiger partial charge >= 0.3 is 5.97 Å². The molecule has 1 aliphatic heterocycles. The van der Waals surface area contributed by atoms with Gasteiger partial charge in [-0.3, -0.25) is 14.4 Å². The molecule has 4 bridgehead atoms. The van der Waals surface area contributed by atoms with Gasteiger partial charge in [0.25, 0.3) is 11.1 Å². The summed E-state index contributed by atoms with van der Waals surface area (Å²) in [6.07, 6.45) is 8.21. The maximum Gasteiger partial charge on any atom is 0.317 e. The number of esters is 1. The fourth-order valence-corrected chi connectivity index (χ4v) is 7.91. The lowest BCUT2D eigenvalue weighted by Gasteiger charge is -2.55. The van der Waals surface area contributed by atoms with Crippen molar-refractivity contribution in [3.8, 4) is 11.5 Å². The number of thioether (sulfide) groups is 1. The Morgan fingerprint density at radius 3 is 2.36 bits per heavy atom. The minimum Gasteiger partial charge on any atom is -0.493 e. The van der Waals surface area contributed by atoms with Gasteiger partial charge in [-0.05, 0) is 110 Å². The van der Waals surface area contributed by atoms with Crippen LogP contribution in [0.3, 0.4) is 0 Å². The Bertz CT molecular complexity index is 1270. The van der Waals surface area contributed by atoms with Crippen molar-refractivity contribution in [1.82, 2.24) is 0 Å². The van der Waals surface area contributed by atoms with E-state index in [1.165, 1.54) is 26.4 Å². The fourth-order valence-electron chi connectivity index (χ4n) is 6.88. The molecule has 36 heavy (non-hydrogen) atoms. The van der Waals surface area contributed by atoms with Gasteiger partial charge in [0.15, 0.2) is 11.5 Å². The Balaban J connectivity index is 1.21. The van der Waals surface area contributed by atoms with E-state index in [1.807, 2.05) is 0 Å². The molecule has 4 saturated carbocycles. The summed E-state index contributed by atoms with van der Waals surface area (Å²) in [5, 5.41) is 0.0561. The van der Waals surface area contributed by atoms with Crippen LogP contribution in [0.5, 0.6) is 11.5 Å². The Labute approximate surface area is 219 Å². The third-order valence-corrected chi connectivity index (χ3v) is 9.12. The first-order valence-electron chi connectivity index (χ1n) is 12.3. The maximum absolute atomic E-state index is 13.4. The van der Waals surface area contributed by atoms with E-state index in [0.717, 1.165) is 35.9 Å². The minimum atomic E-state index is -0.413. The van der Waals surface area contributed by atoms with Crippen LogP contribution in [0, 0.1) is 23.2 Å². The zero-order chi connectivity index (χ0) is 25.0. The molecule has 1 heterocycles. The smallest absolute Gasteiger partial charge is 0.317 e. The van der Waals surface area contributed by atoms with Crippen LogP contribution in [0.4, 0.5) is 10.5 Å². The Morgan fingerprint density at radius 1 is 1.03 bits per heavy atom. The van der Waals surface area contributed by atoms with E-state index in [-0.39, 0.29) is 16.6 Å². The predicted octanol–water partition coefficient (Wildman–Crippen LogP) is 6.71. The number of amides is 2. The molecule has 2 aromatic rings. The van der Waals surface area contributed by atoms with E-state index >= 15 is 0 Å². The summed E-state index contributed by atoms with van der Waals surface area (Å²) in [5.41, 5.74) is 0.730. The van der Waals surface area contributed by atoms with Gasteiger partial charge in [-0.1, -0.05) is 23.7 Å². The number of hydrogen-bond donors (Lipinski definition) is 0. The molecule has 2 aromatic carbocycles. The molecule has 8 heteroatoms. The van der Waals surface area contributed by atoms with Crippen molar-refractivity contribution in [2.24, 2.45) is 23.2 Å². The molecule has 0 unspecified atom stereocenters. The van der Waals surface area contributed by atoms with Gasteiger partial charge in [-0.15, -0.1) is 0 Å². The van der Waals surface area contributed by atoms with E-state index in [0.29, 0.717) is 50.4 Å². The van der Waals surface area contributed by atoms with Crippen LogP contribution in [-0.2, 0) is 9.59 Å². The van der Waals surface area contributed by atoms with Crippen molar-refractivity contribution in [3.63, 3.8) is 0 Å². The molecule has 6 nitrogen and oxygen atoms in total. The SMILES string of the molecule is COc1cc(/C=C2\SC(=O)N(c3cccc(Cl)c3)C2=O)ccc1OC(=O)C12CC3CC(CC(C3)C1)C2. The monoisotopic (exact) mass is 523 g/mol. The molecule has 0 N–H and O–H groups in total. The summed E-state index contributed by atoms with van der Waals surface area (Å²) < 4.78 is 11.5. The number of rotatable bonds is 5. The van der Waals surface area contributed by atoms with Crippen LogP contribution in [0.25, 0.3) is 6.08 Å². The quantitative estimate of drug-likeness (QED) is 0.246. The summed E-state index contributed by atoms with van der Waals surface area (Å²) in [4.78, 5) is 40.3. The Kier molecular flexibility index (Phi) is 5.88. The van der Waals surface area contributed by atoms with E-state index in [1.54, 1.807) is 48.5 Å². The lowest BCUT2D eigenvalue weighted by Crippen LogP contribution is -2.51. The number of carbonyl (C=O) groups excluding carboxylic acids is 3. The van der Waals surface area contributed by atoms with E-state index < -0.39 is 5.91 Å². The van der Waals surface area contributed by atoms with Gasteiger partial charge in [0.2, 0.25) is 0 Å². The molecule has 5 aliphatic rings. The molecule has 186 valence electrons. The first kappa shape index (κ1) is 23.6. The van der Waals surface area contributed by atoms with Crippen LogP contribution in [-0.4, -0.2) is 24.2 Å².